The van der Waals surface area contributed by atoms with E-state index in [1.807, 2.05) is 0 Å². The van der Waals surface area contributed by atoms with Gasteiger partial charge in [-0.05, 0) is 90.3 Å². The topological polar surface area (TPSA) is 65.1 Å². The third-order valence-electron chi connectivity index (χ3n) is 10.9. The van der Waals surface area contributed by atoms with Gasteiger partial charge in [0.1, 0.15) is 6.10 Å². The van der Waals surface area contributed by atoms with Gasteiger partial charge in [-0.2, -0.15) is 0 Å². The molecule has 53 heavy (non-hydrogen) atoms. The number of esters is 1. The molecule has 2 unspecified atom stereocenters. The van der Waals surface area contributed by atoms with Gasteiger partial charge in [-0.15, -0.1) is 0 Å². The lowest BCUT2D eigenvalue weighted by atomic mass is 9.94. The fourth-order valence-electron chi connectivity index (χ4n) is 7.32. The van der Waals surface area contributed by atoms with Crippen molar-refractivity contribution in [1.29, 1.82) is 0 Å². The van der Waals surface area contributed by atoms with Crippen molar-refractivity contribution in [2.45, 2.75) is 253 Å². The standard InChI is InChI=1S/C47H93NO5/c1-6-11-16-20-22-28-36-44(35-27-18-13-8-3)46(49)51-42-33-25-23-31-40-48(39-15-10-5)41-32-24-26-34-43-52-47(50)53-45(37-29-19-14-9-4)38-30-21-17-12-7-2/h44-45H,6-43H2,1-5H3. The van der Waals surface area contributed by atoms with Crippen LogP contribution in [0.5, 0.6) is 0 Å². The van der Waals surface area contributed by atoms with Crippen LogP contribution in [-0.2, 0) is 19.0 Å². The second-order valence-corrected chi connectivity index (χ2v) is 16.2. The van der Waals surface area contributed by atoms with E-state index in [4.69, 9.17) is 14.2 Å². The summed E-state index contributed by atoms with van der Waals surface area (Å²) < 4.78 is 17.1. The minimum atomic E-state index is -0.464. The average Bonchev–Trinajstić information content (AvgIpc) is 3.16. The van der Waals surface area contributed by atoms with Gasteiger partial charge in [0.25, 0.3) is 0 Å². The van der Waals surface area contributed by atoms with Crippen molar-refractivity contribution in [3.63, 3.8) is 0 Å². The summed E-state index contributed by atoms with van der Waals surface area (Å²) in [6.07, 6.45) is 38.4. The van der Waals surface area contributed by atoms with Crippen molar-refractivity contribution in [2.24, 2.45) is 5.92 Å². The Labute approximate surface area is 331 Å². The van der Waals surface area contributed by atoms with Crippen LogP contribution in [-0.4, -0.2) is 56.0 Å². The highest BCUT2D eigenvalue weighted by atomic mass is 16.7. The summed E-state index contributed by atoms with van der Waals surface area (Å²) in [7, 11) is 0. The van der Waals surface area contributed by atoms with Gasteiger partial charge in [-0.3, -0.25) is 4.79 Å². The van der Waals surface area contributed by atoms with E-state index >= 15 is 0 Å². The number of carbonyl (C=O) groups is 2. The van der Waals surface area contributed by atoms with Crippen molar-refractivity contribution in [1.82, 2.24) is 4.90 Å². The Morgan fingerprint density at radius 1 is 0.396 bits per heavy atom. The largest absolute Gasteiger partial charge is 0.508 e. The molecule has 0 N–H and O–H groups in total. The molecule has 6 nitrogen and oxygen atoms in total. The van der Waals surface area contributed by atoms with Gasteiger partial charge in [-0.25, -0.2) is 4.79 Å². The van der Waals surface area contributed by atoms with E-state index in [1.165, 1.54) is 141 Å². The maximum Gasteiger partial charge on any atom is 0.508 e. The minimum Gasteiger partial charge on any atom is -0.465 e. The fourth-order valence-corrected chi connectivity index (χ4v) is 7.32. The summed E-state index contributed by atoms with van der Waals surface area (Å²) >= 11 is 0. The van der Waals surface area contributed by atoms with E-state index in [1.54, 1.807) is 0 Å². The molecule has 0 aliphatic carbocycles. The minimum absolute atomic E-state index is 0.00910. The average molecular weight is 752 g/mol. The Kier molecular flexibility index (Phi) is 40.8. The second kappa shape index (κ2) is 41.9. The van der Waals surface area contributed by atoms with Crippen LogP contribution in [0.3, 0.4) is 0 Å². The molecule has 0 aromatic carbocycles. The Balaban J connectivity index is 4.24. The van der Waals surface area contributed by atoms with Crippen molar-refractivity contribution >= 4 is 12.1 Å². The second-order valence-electron chi connectivity index (χ2n) is 16.2. The third-order valence-corrected chi connectivity index (χ3v) is 10.9. The number of nitrogens with zero attached hydrogens (tertiary/aromatic N) is 1. The van der Waals surface area contributed by atoms with Crippen LogP contribution >= 0.6 is 0 Å². The molecule has 0 fully saturated rings. The summed E-state index contributed by atoms with van der Waals surface area (Å²) in [6, 6.07) is 0. The molecule has 0 aromatic rings. The number of ether oxygens (including phenoxy) is 3. The molecule has 316 valence electrons. The molecule has 0 saturated heterocycles. The smallest absolute Gasteiger partial charge is 0.465 e. The maximum atomic E-state index is 13.0. The first-order valence-corrected chi connectivity index (χ1v) is 23.7. The monoisotopic (exact) mass is 752 g/mol. The van der Waals surface area contributed by atoms with Crippen LogP contribution in [0.15, 0.2) is 0 Å². The Morgan fingerprint density at radius 2 is 0.755 bits per heavy atom. The Hall–Kier alpha value is -1.30. The molecule has 0 rings (SSSR count). The Morgan fingerprint density at radius 3 is 1.25 bits per heavy atom. The van der Waals surface area contributed by atoms with Crippen LogP contribution in [0, 0.1) is 5.92 Å². The van der Waals surface area contributed by atoms with Crippen molar-refractivity contribution < 1.29 is 23.8 Å². The number of unbranched alkanes of at least 4 members (excludes halogenated alkanes) is 22. The normalized spacial score (nSPS) is 12.6. The van der Waals surface area contributed by atoms with E-state index < -0.39 is 6.16 Å². The molecule has 0 heterocycles. The maximum absolute atomic E-state index is 13.0. The first-order valence-electron chi connectivity index (χ1n) is 23.7. The molecule has 6 heteroatoms. The molecular weight excluding hydrogens is 659 g/mol. The van der Waals surface area contributed by atoms with Crippen molar-refractivity contribution in [3.8, 4) is 0 Å². The predicted octanol–water partition coefficient (Wildman–Crippen LogP) is 14.9. The molecule has 2 atom stereocenters. The van der Waals surface area contributed by atoms with Gasteiger partial charge in [0.2, 0.25) is 0 Å². The highest BCUT2D eigenvalue weighted by Gasteiger charge is 2.19. The van der Waals surface area contributed by atoms with Crippen LogP contribution in [0.25, 0.3) is 0 Å². The third kappa shape index (κ3) is 36.1. The van der Waals surface area contributed by atoms with Gasteiger partial charge in [-0.1, -0.05) is 176 Å². The summed E-state index contributed by atoms with van der Waals surface area (Å²) in [5.74, 6) is 0.171. The van der Waals surface area contributed by atoms with E-state index in [2.05, 4.69) is 39.5 Å². The van der Waals surface area contributed by atoms with E-state index in [-0.39, 0.29) is 18.0 Å². The van der Waals surface area contributed by atoms with Gasteiger partial charge in [0.15, 0.2) is 0 Å². The Bertz CT molecular complexity index is 761. The molecule has 0 aromatic heterocycles. The molecule has 0 radical (unpaired) electrons. The lowest BCUT2D eigenvalue weighted by molar-refractivity contribution is -0.149. The number of hydrogen-bond donors (Lipinski definition) is 0. The summed E-state index contributed by atoms with van der Waals surface area (Å²) in [5.41, 5.74) is 0. The lowest BCUT2D eigenvalue weighted by Gasteiger charge is -2.22. The zero-order valence-electron chi connectivity index (χ0n) is 36.5. The molecule has 0 spiro atoms. The van der Waals surface area contributed by atoms with E-state index in [0.29, 0.717) is 13.2 Å². The van der Waals surface area contributed by atoms with Gasteiger partial charge in [0.05, 0.1) is 19.1 Å². The first-order chi connectivity index (χ1) is 26.0. The quantitative estimate of drug-likeness (QED) is 0.0457. The van der Waals surface area contributed by atoms with Crippen molar-refractivity contribution in [2.75, 3.05) is 32.8 Å². The molecule has 0 saturated carbocycles. The summed E-state index contributed by atoms with van der Waals surface area (Å²) in [6.45, 7) is 15.8. The molecule has 0 aliphatic heterocycles. The van der Waals surface area contributed by atoms with Crippen molar-refractivity contribution in [3.05, 3.63) is 0 Å². The zero-order valence-corrected chi connectivity index (χ0v) is 36.5. The van der Waals surface area contributed by atoms with Crippen LogP contribution in [0.2, 0.25) is 0 Å². The molecular formula is C47H93NO5. The SMILES string of the molecule is CCCCCCCCC(CCCCCC)C(=O)OCCCCCCN(CCCC)CCCCCCOC(=O)OC(CCCCCC)CCCCCCC. The predicted molar refractivity (Wildman–Crippen MR) is 228 cm³/mol. The molecule has 0 aliphatic rings. The fraction of sp³-hybridized carbons (Fsp3) is 0.957. The van der Waals surface area contributed by atoms with Gasteiger partial charge >= 0.3 is 12.1 Å². The van der Waals surface area contributed by atoms with Gasteiger partial charge < -0.3 is 19.1 Å². The van der Waals surface area contributed by atoms with Crippen LogP contribution < -0.4 is 0 Å². The van der Waals surface area contributed by atoms with Crippen LogP contribution in [0.4, 0.5) is 4.79 Å². The number of rotatable bonds is 42. The lowest BCUT2D eigenvalue weighted by Crippen LogP contribution is -2.27. The number of hydrogen-bond acceptors (Lipinski definition) is 6. The first kappa shape index (κ1) is 51.7. The van der Waals surface area contributed by atoms with Crippen LogP contribution in [0.1, 0.15) is 247 Å². The number of carbonyl (C=O) groups excluding carboxylic acids is 2. The van der Waals surface area contributed by atoms with Gasteiger partial charge in [0, 0.05) is 0 Å². The highest BCUT2D eigenvalue weighted by molar-refractivity contribution is 5.72. The zero-order chi connectivity index (χ0) is 38.9. The summed E-state index contributed by atoms with van der Waals surface area (Å²) in [4.78, 5) is 28.0. The summed E-state index contributed by atoms with van der Waals surface area (Å²) in [5, 5.41) is 0. The highest BCUT2D eigenvalue weighted by Crippen LogP contribution is 2.21. The molecule has 0 bridgehead atoms. The molecule has 0 amide bonds. The van der Waals surface area contributed by atoms with E-state index in [0.717, 1.165) is 90.1 Å². The van der Waals surface area contributed by atoms with E-state index in [9.17, 15) is 9.59 Å².